The van der Waals surface area contributed by atoms with Crippen molar-refractivity contribution < 1.29 is 0 Å². The first kappa shape index (κ1) is 20.8. The van der Waals surface area contributed by atoms with Crippen molar-refractivity contribution in [2.24, 2.45) is 0 Å². The molecular weight excluding hydrogens is 420 g/mol. The Hall–Kier alpha value is -3.12. The van der Waals surface area contributed by atoms with E-state index in [1.54, 1.807) is 0 Å². The van der Waals surface area contributed by atoms with Gasteiger partial charge in [0.05, 0.1) is 16.7 Å². The lowest BCUT2D eigenvalue weighted by Crippen LogP contribution is -2.47. The van der Waals surface area contributed by atoms with Crippen molar-refractivity contribution in [3.05, 3.63) is 70.0 Å². The highest BCUT2D eigenvalue weighted by Crippen LogP contribution is 2.29. The summed E-state index contributed by atoms with van der Waals surface area (Å²) in [7, 11) is 0. The Labute approximate surface area is 193 Å². The van der Waals surface area contributed by atoms with Gasteiger partial charge in [0.1, 0.15) is 0 Å². The van der Waals surface area contributed by atoms with E-state index in [0.29, 0.717) is 0 Å². The van der Waals surface area contributed by atoms with Crippen molar-refractivity contribution in [1.29, 1.82) is 0 Å². The van der Waals surface area contributed by atoms with Crippen LogP contribution in [0.25, 0.3) is 16.9 Å². The van der Waals surface area contributed by atoms with Gasteiger partial charge >= 0.3 is 0 Å². The smallest absolute Gasteiger partial charge is 0.197 e. The summed E-state index contributed by atoms with van der Waals surface area (Å²) in [6.07, 6.45) is 0. The molecule has 3 heterocycles. The molecule has 1 aliphatic rings. The minimum absolute atomic E-state index is 0.774. The predicted molar refractivity (Wildman–Crippen MR) is 131 cm³/mol. The zero-order valence-electron chi connectivity index (χ0n) is 18.9. The Balaban J connectivity index is 1.52. The van der Waals surface area contributed by atoms with Crippen LogP contribution in [-0.4, -0.2) is 45.9 Å². The number of halogens is 1. The molecule has 0 saturated carbocycles. The van der Waals surface area contributed by atoms with Crippen LogP contribution in [0.3, 0.4) is 0 Å². The normalized spacial score (nSPS) is 14.4. The number of anilines is 2. The summed E-state index contributed by atoms with van der Waals surface area (Å²) >= 11 is 6.27. The Morgan fingerprint density at radius 1 is 0.750 bits per heavy atom. The summed E-state index contributed by atoms with van der Waals surface area (Å²) in [5.74, 6) is 1.68. The number of rotatable bonds is 3. The van der Waals surface area contributed by atoms with E-state index >= 15 is 0 Å². The molecule has 5 rings (SSSR count). The highest BCUT2D eigenvalue weighted by Gasteiger charge is 2.24. The first-order valence-corrected chi connectivity index (χ1v) is 11.3. The van der Waals surface area contributed by atoms with Crippen LogP contribution >= 0.6 is 11.6 Å². The molecule has 0 bridgehead atoms. The van der Waals surface area contributed by atoms with Crippen molar-refractivity contribution in [3.63, 3.8) is 0 Å². The first-order chi connectivity index (χ1) is 15.4. The molecule has 0 atom stereocenters. The Morgan fingerprint density at radius 2 is 1.47 bits per heavy atom. The summed E-state index contributed by atoms with van der Waals surface area (Å²) in [5.41, 5.74) is 7.44. The van der Waals surface area contributed by atoms with Gasteiger partial charge in [0.25, 0.3) is 0 Å². The van der Waals surface area contributed by atoms with Crippen LogP contribution in [0.5, 0.6) is 0 Å². The molecule has 2 aromatic carbocycles. The molecule has 0 spiro atoms. The SMILES string of the molecule is Cc1ccc2nc(N3CCN(c4cc(Cl)ccc4C)CC3)c(-n3nc(C)cc3C)nc2c1. The van der Waals surface area contributed by atoms with Crippen molar-refractivity contribution in [2.75, 3.05) is 36.0 Å². The molecule has 6 nitrogen and oxygen atoms in total. The molecule has 0 unspecified atom stereocenters. The predicted octanol–water partition coefficient (Wildman–Crippen LogP) is 5.03. The molecule has 4 aromatic rings. The molecule has 164 valence electrons. The minimum Gasteiger partial charge on any atom is -0.368 e. The van der Waals surface area contributed by atoms with Gasteiger partial charge in [-0.1, -0.05) is 23.7 Å². The summed E-state index contributed by atoms with van der Waals surface area (Å²) in [4.78, 5) is 14.8. The van der Waals surface area contributed by atoms with Crippen LogP contribution in [0, 0.1) is 27.7 Å². The van der Waals surface area contributed by atoms with Crippen LogP contribution in [0.15, 0.2) is 42.5 Å². The van der Waals surface area contributed by atoms with E-state index in [2.05, 4.69) is 67.0 Å². The van der Waals surface area contributed by atoms with Gasteiger partial charge in [0.2, 0.25) is 0 Å². The number of benzene rings is 2. The van der Waals surface area contributed by atoms with Crippen molar-refractivity contribution >= 4 is 34.1 Å². The highest BCUT2D eigenvalue weighted by atomic mass is 35.5. The Morgan fingerprint density at radius 3 is 2.19 bits per heavy atom. The molecule has 1 fully saturated rings. The fourth-order valence-electron chi connectivity index (χ4n) is 4.43. The second-order valence-corrected chi connectivity index (χ2v) is 9.04. The second kappa shape index (κ2) is 8.10. The van der Waals surface area contributed by atoms with Crippen molar-refractivity contribution in [2.45, 2.75) is 27.7 Å². The summed E-state index contributed by atoms with van der Waals surface area (Å²) < 4.78 is 1.92. The van der Waals surface area contributed by atoms with Crippen molar-refractivity contribution in [1.82, 2.24) is 19.7 Å². The number of nitrogens with zero attached hydrogens (tertiary/aromatic N) is 6. The number of fused-ring (bicyclic) bond motifs is 1. The molecule has 0 amide bonds. The van der Waals surface area contributed by atoms with Gasteiger partial charge in [-0.3, -0.25) is 0 Å². The highest BCUT2D eigenvalue weighted by molar-refractivity contribution is 6.30. The maximum absolute atomic E-state index is 6.27. The number of aryl methyl sites for hydroxylation is 4. The van der Waals surface area contributed by atoms with E-state index in [9.17, 15) is 0 Å². The molecule has 0 N–H and O–H groups in total. The third-order valence-electron chi connectivity index (χ3n) is 6.08. The van der Waals surface area contributed by atoms with Gasteiger partial charge in [-0.15, -0.1) is 0 Å². The van der Waals surface area contributed by atoms with Crippen LogP contribution in [0.4, 0.5) is 11.5 Å². The maximum Gasteiger partial charge on any atom is 0.197 e. The molecule has 0 aliphatic carbocycles. The quantitative estimate of drug-likeness (QED) is 0.441. The topological polar surface area (TPSA) is 50.1 Å². The Kier molecular flexibility index (Phi) is 5.25. The maximum atomic E-state index is 6.27. The molecule has 1 aliphatic heterocycles. The fraction of sp³-hybridized carbons (Fsp3) is 0.320. The lowest BCUT2D eigenvalue weighted by Gasteiger charge is -2.38. The average molecular weight is 447 g/mol. The van der Waals surface area contributed by atoms with Crippen LogP contribution < -0.4 is 9.80 Å². The largest absolute Gasteiger partial charge is 0.368 e. The van der Waals surface area contributed by atoms with E-state index < -0.39 is 0 Å². The summed E-state index contributed by atoms with van der Waals surface area (Å²) in [5, 5.41) is 5.49. The van der Waals surface area contributed by atoms with E-state index in [4.69, 9.17) is 26.7 Å². The Bertz CT molecular complexity index is 1300. The zero-order valence-corrected chi connectivity index (χ0v) is 19.7. The lowest BCUT2D eigenvalue weighted by atomic mass is 10.1. The van der Waals surface area contributed by atoms with Gasteiger partial charge in [0.15, 0.2) is 11.6 Å². The van der Waals surface area contributed by atoms with E-state index in [1.807, 2.05) is 17.7 Å². The van der Waals surface area contributed by atoms with Gasteiger partial charge < -0.3 is 9.80 Å². The molecule has 0 radical (unpaired) electrons. The third-order valence-corrected chi connectivity index (χ3v) is 6.32. The monoisotopic (exact) mass is 446 g/mol. The average Bonchev–Trinajstić information content (AvgIpc) is 3.12. The number of aromatic nitrogens is 4. The molecule has 7 heteroatoms. The van der Waals surface area contributed by atoms with E-state index in [0.717, 1.165) is 65.3 Å². The van der Waals surface area contributed by atoms with Crippen LogP contribution in [0.1, 0.15) is 22.5 Å². The van der Waals surface area contributed by atoms with Crippen LogP contribution in [-0.2, 0) is 0 Å². The first-order valence-electron chi connectivity index (χ1n) is 11.0. The van der Waals surface area contributed by atoms with Gasteiger partial charge in [0, 0.05) is 42.6 Å². The zero-order chi connectivity index (χ0) is 22.4. The minimum atomic E-state index is 0.774. The van der Waals surface area contributed by atoms with Gasteiger partial charge in [-0.05, 0) is 69.2 Å². The standard InChI is InChI=1S/C25H27ClN6/c1-16-5-8-21-22(13-16)28-25(32-19(4)14-18(3)29-32)24(27-21)31-11-9-30(10-12-31)23-15-20(26)7-6-17(23)2/h5-8,13-15H,9-12H2,1-4H3. The molecule has 32 heavy (non-hydrogen) atoms. The van der Waals surface area contributed by atoms with Crippen molar-refractivity contribution in [3.8, 4) is 5.82 Å². The fourth-order valence-corrected chi connectivity index (χ4v) is 4.59. The summed E-state index contributed by atoms with van der Waals surface area (Å²) in [6, 6.07) is 14.4. The van der Waals surface area contributed by atoms with E-state index in [-0.39, 0.29) is 0 Å². The van der Waals surface area contributed by atoms with Gasteiger partial charge in [-0.2, -0.15) is 5.10 Å². The number of hydrogen-bond donors (Lipinski definition) is 0. The lowest BCUT2D eigenvalue weighted by molar-refractivity contribution is 0.641. The van der Waals surface area contributed by atoms with E-state index in [1.165, 1.54) is 16.8 Å². The number of hydrogen-bond acceptors (Lipinski definition) is 5. The third kappa shape index (κ3) is 3.79. The molecule has 1 saturated heterocycles. The number of piperazine rings is 1. The van der Waals surface area contributed by atoms with Crippen LogP contribution in [0.2, 0.25) is 5.02 Å². The molecule has 2 aromatic heterocycles. The molecular formula is C25H27ClN6. The summed E-state index contributed by atoms with van der Waals surface area (Å²) in [6.45, 7) is 11.8. The second-order valence-electron chi connectivity index (χ2n) is 8.61. The van der Waals surface area contributed by atoms with Gasteiger partial charge in [-0.25, -0.2) is 14.6 Å².